The SMILES string of the molecule is CCCCCC[C@@H]1OC(C)(C)O[C@H]1CC[C@@H]1C(=O)[C@H](OCc2ccccc2)CC[C@@H]1OCc1ccccc1. The van der Waals surface area contributed by atoms with Gasteiger partial charge in [0.2, 0.25) is 0 Å². The molecule has 0 N–H and O–H groups in total. The number of ketones is 1. The molecule has 5 nitrogen and oxygen atoms in total. The fourth-order valence-corrected chi connectivity index (χ4v) is 5.84. The van der Waals surface area contributed by atoms with Crippen molar-refractivity contribution < 1.29 is 23.7 Å². The maximum Gasteiger partial charge on any atom is 0.167 e. The Labute approximate surface area is 229 Å². The lowest BCUT2D eigenvalue weighted by molar-refractivity contribution is -0.152. The molecule has 5 heteroatoms. The van der Waals surface area contributed by atoms with E-state index >= 15 is 0 Å². The average Bonchev–Trinajstić information content (AvgIpc) is 3.23. The summed E-state index contributed by atoms with van der Waals surface area (Å²) in [5.74, 6) is -0.620. The molecule has 1 heterocycles. The topological polar surface area (TPSA) is 54.0 Å². The van der Waals surface area contributed by atoms with Gasteiger partial charge in [-0.3, -0.25) is 4.79 Å². The Morgan fingerprint density at radius 3 is 2.00 bits per heavy atom. The fraction of sp³-hybridized carbons (Fsp3) is 0.606. The molecule has 208 valence electrons. The van der Waals surface area contributed by atoms with E-state index in [2.05, 4.69) is 19.1 Å². The van der Waals surface area contributed by atoms with Crippen LogP contribution in [-0.4, -0.2) is 36.0 Å². The van der Waals surface area contributed by atoms with Gasteiger partial charge < -0.3 is 18.9 Å². The zero-order chi connectivity index (χ0) is 26.8. The number of carbonyl (C=O) groups excluding carboxylic acids is 1. The van der Waals surface area contributed by atoms with Crippen molar-refractivity contribution in [3.8, 4) is 0 Å². The summed E-state index contributed by atoms with van der Waals surface area (Å²) in [7, 11) is 0. The lowest BCUT2D eigenvalue weighted by Gasteiger charge is -2.35. The Morgan fingerprint density at radius 1 is 0.763 bits per heavy atom. The second kappa shape index (κ2) is 14.4. The predicted octanol–water partition coefficient (Wildman–Crippen LogP) is 7.41. The second-order valence-electron chi connectivity index (χ2n) is 11.3. The standard InChI is InChI=1S/C33H46O5/c1-4-5-6-13-18-29-30(38-33(2,3)37-29)20-19-27-28(35-23-25-14-9-7-10-15-25)21-22-31(32(27)34)36-24-26-16-11-8-12-17-26/h7-12,14-17,27-31H,4-6,13,18-24H2,1-3H3/t27-,28-,29-,30-,31+/m0/s1. The van der Waals surface area contributed by atoms with Crippen LogP contribution in [0.4, 0.5) is 0 Å². The summed E-state index contributed by atoms with van der Waals surface area (Å²) >= 11 is 0. The highest BCUT2D eigenvalue weighted by molar-refractivity contribution is 5.86. The number of rotatable bonds is 14. The molecule has 0 bridgehead atoms. The van der Waals surface area contributed by atoms with Crippen LogP contribution in [0.25, 0.3) is 0 Å². The molecule has 2 aromatic carbocycles. The van der Waals surface area contributed by atoms with Gasteiger partial charge >= 0.3 is 0 Å². The van der Waals surface area contributed by atoms with Crippen molar-refractivity contribution >= 4 is 5.78 Å². The average molecular weight is 523 g/mol. The number of carbonyl (C=O) groups is 1. The normalized spacial score (nSPS) is 27.0. The van der Waals surface area contributed by atoms with Crippen LogP contribution in [0.5, 0.6) is 0 Å². The van der Waals surface area contributed by atoms with E-state index in [1.807, 2.05) is 62.4 Å². The first-order valence-corrected chi connectivity index (χ1v) is 14.7. The minimum atomic E-state index is -0.582. The van der Waals surface area contributed by atoms with Gasteiger partial charge in [-0.2, -0.15) is 0 Å². The Kier molecular flexibility index (Phi) is 10.9. The Bertz CT molecular complexity index is 960. The van der Waals surface area contributed by atoms with Crippen LogP contribution in [0, 0.1) is 5.92 Å². The molecule has 0 aromatic heterocycles. The summed E-state index contributed by atoms with van der Waals surface area (Å²) in [4.78, 5) is 13.7. The van der Waals surface area contributed by atoms with Crippen molar-refractivity contribution in [2.75, 3.05) is 0 Å². The number of benzene rings is 2. The number of hydrogen-bond donors (Lipinski definition) is 0. The van der Waals surface area contributed by atoms with Gasteiger partial charge in [-0.05, 0) is 57.1 Å². The van der Waals surface area contributed by atoms with Gasteiger partial charge in [-0.15, -0.1) is 0 Å². The van der Waals surface area contributed by atoms with Crippen molar-refractivity contribution in [2.24, 2.45) is 5.92 Å². The number of unbranched alkanes of at least 4 members (excludes halogenated alkanes) is 3. The fourth-order valence-electron chi connectivity index (χ4n) is 5.84. The van der Waals surface area contributed by atoms with Gasteiger partial charge in [0.05, 0.1) is 31.5 Å². The summed E-state index contributed by atoms with van der Waals surface area (Å²) in [6, 6.07) is 20.3. The molecule has 5 atom stereocenters. The van der Waals surface area contributed by atoms with E-state index in [-0.39, 0.29) is 36.1 Å². The van der Waals surface area contributed by atoms with Gasteiger partial charge in [0.15, 0.2) is 11.6 Å². The molecule has 1 saturated heterocycles. The van der Waals surface area contributed by atoms with E-state index in [0.717, 1.165) is 43.2 Å². The van der Waals surface area contributed by atoms with E-state index < -0.39 is 5.79 Å². The minimum Gasteiger partial charge on any atom is -0.373 e. The van der Waals surface area contributed by atoms with Gasteiger partial charge in [0, 0.05) is 5.92 Å². The van der Waals surface area contributed by atoms with Gasteiger partial charge in [0.25, 0.3) is 0 Å². The summed E-state index contributed by atoms with van der Waals surface area (Å²) in [5, 5.41) is 0. The van der Waals surface area contributed by atoms with Crippen LogP contribution in [0.2, 0.25) is 0 Å². The molecular formula is C33H46O5. The molecular weight excluding hydrogens is 476 g/mol. The first kappa shape index (κ1) is 28.9. The lowest BCUT2D eigenvalue weighted by Crippen LogP contribution is -2.44. The van der Waals surface area contributed by atoms with Gasteiger partial charge in [-0.25, -0.2) is 0 Å². The largest absolute Gasteiger partial charge is 0.373 e. The highest BCUT2D eigenvalue weighted by Crippen LogP contribution is 2.37. The molecule has 2 aromatic rings. The van der Waals surface area contributed by atoms with Crippen molar-refractivity contribution in [3.63, 3.8) is 0 Å². The highest BCUT2D eigenvalue weighted by atomic mass is 16.7. The van der Waals surface area contributed by atoms with Crippen molar-refractivity contribution in [1.82, 2.24) is 0 Å². The molecule has 0 unspecified atom stereocenters. The van der Waals surface area contributed by atoms with Gasteiger partial charge in [0.1, 0.15) is 6.10 Å². The number of ether oxygens (including phenoxy) is 4. The van der Waals surface area contributed by atoms with Crippen LogP contribution >= 0.6 is 0 Å². The molecule has 0 amide bonds. The third kappa shape index (κ3) is 8.47. The smallest absolute Gasteiger partial charge is 0.167 e. The Morgan fingerprint density at radius 2 is 1.37 bits per heavy atom. The van der Waals surface area contributed by atoms with Crippen molar-refractivity contribution in [2.45, 2.75) is 122 Å². The molecule has 1 saturated carbocycles. The van der Waals surface area contributed by atoms with Crippen LogP contribution in [-0.2, 0) is 37.0 Å². The summed E-state index contributed by atoms with van der Waals surface area (Å²) in [6.07, 6.45) is 8.44. The molecule has 1 aliphatic heterocycles. The van der Waals surface area contributed by atoms with Crippen molar-refractivity contribution in [1.29, 1.82) is 0 Å². The molecule has 1 aliphatic carbocycles. The predicted molar refractivity (Wildman–Crippen MR) is 150 cm³/mol. The van der Waals surface area contributed by atoms with E-state index in [1.54, 1.807) is 0 Å². The second-order valence-corrected chi connectivity index (χ2v) is 11.3. The van der Waals surface area contributed by atoms with Crippen LogP contribution in [0.3, 0.4) is 0 Å². The zero-order valence-corrected chi connectivity index (χ0v) is 23.5. The molecule has 2 fully saturated rings. The first-order valence-electron chi connectivity index (χ1n) is 14.7. The van der Waals surface area contributed by atoms with E-state index in [0.29, 0.717) is 19.6 Å². The number of hydrogen-bond acceptors (Lipinski definition) is 5. The third-order valence-electron chi connectivity index (χ3n) is 7.84. The van der Waals surface area contributed by atoms with Crippen molar-refractivity contribution in [3.05, 3.63) is 71.8 Å². The summed E-state index contributed by atoms with van der Waals surface area (Å²) in [5.41, 5.74) is 2.21. The van der Waals surface area contributed by atoms with E-state index in [9.17, 15) is 4.79 Å². The third-order valence-corrected chi connectivity index (χ3v) is 7.84. The first-order chi connectivity index (χ1) is 18.4. The molecule has 0 spiro atoms. The monoisotopic (exact) mass is 522 g/mol. The summed E-state index contributed by atoms with van der Waals surface area (Å²) < 4.78 is 25.2. The summed E-state index contributed by atoms with van der Waals surface area (Å²) in [6.45, 7) is 7.19. The highest BCUT2D eigenvalue weighted by Gasteiger charge is 2.43. The Hall–Kier alpha value is -2.05. The van der Waals surface area contributed by atoms with Crippen LogP contribution in [0.1, 0.15) is 89.7 Å². The van der Waals surface area contributed by atoms with Crippen LogP contribution in [0.15, 0.2) is 60.7 Å². The molecule has 38 heavy (non-hydrogen) atoms. The maximum atomic E-state index is 13.7. The number of Topliss-reactive ketones (excluding diaryl/α,β-unsaturated/α-hetero) is 1. The lowest BCUT2D eigenvalue weighted by atomic mass is 9.79. The van der Waals surface area contributed by atoms with E-state index in [1.165, 1.54) is 19.3 Å². The van der Waals surface area contributed by atoms with Crippen LogP contribution < -0.4 is 0 Å². The maximum absolute atomic E-state index is 13.7. The van der Waals surface area contributed by atoms with E-state index in [4.69, 9.17) is 18.9 Å². The van der Waals surface area contributed by atoms with Gasteiger partial charge in [-0.1, -0.05) is 93.3 Å². The molecule has 4 rings (SSSR count). The quantitative estimate of drug-likeness (QED) is 0.242. The minimum absolute atomic E-state index is 0.000173. The molecule has 0 radical (unpaired) electrons. The molecule has 2 aliphatic rings. The zero-order valence-electron chi connectivity index (χ0n) is 23.5. The Balaban J connectivity index is 1.39.